The average molecular weight is 273 g/mol. The number of nitrogens with one attached hydrogen (secondary N) is 1. The molecule has 0 spiro atoms. The second kappa shape index (κ2) is 5.25. The van der Waals surface area contributed by atoms with Crippen LogP contribution in [0.15, 0.2) is 18.2 Å². The second-order valence-electron chi connectivity index (χ2n) is 3.61. The number of thiazole rings is 1. The van der Waals surface area contributed by atoms with E-state index in [1.54, 1.807) is 11.3 Å². The lowest BCUT2D eigenvalue weighted by atomic mass is 10.3. The molecular weight excluding hydrogens is 260 g/mol. The first-order valence-corrected chi connectivity index (χ1v) is 7.60. The fourth-order valence-electron chi connectivity index (χ4n) is 1.48. The molecule has 0 saturated heterocycles. The number of halogens is 1. The molecule has 2 aromatic rings. The topological polar surface area (TPSA) is 24.9 Å². The molecule has 0 amide bonds. The van der Waals surface area contributed by atoms with Crippen LogP contribution in [0.1, 0.15) is 6.92 Å². The summed E-state index contributed by atoms with van der Waals surface area (Å²) in [6, 6.07) is 6.24. The molecule has 86 valence electrons. The van der Waals surface area contributed by atoms with Gasteiger partial charge in [0.1, 0.15) is 0 Å². The van der Waals surface area contributed by atoms with E-state index in [-0.39, 0.29) is 0 Å². The number of nitrogens with zero attached hydrogens (tertiary/aromatic N) is 1. The lowest BCUT2D eigenvalue weighted by Gasteiger charge is -2.09. The highest BCUT2D eigenvalue weighted by atomic mass is 35.5. The number of rotatable bonds is 4. The van der Waals surface area contributed by atoms with Crippen LogP contribution in [0.25, 0.3) is 10.2 Å². The Bertz CT molecular complexity index is 484. The standard InChI is InChI=1S/C11H13ClN2S2/c1-7(6-15-2)13-11-14-9-5-3-4-8(12)10(9)16-11/h3-5,7H,6H2,1-2H3,(H,13,14). The first-order valence-electron chi connectivity index (χ1n) is 5.01. The van der Waals surface area contributed by atoms with Gasteiger partial charge in [-0.05, 0) is 25.3 Å². The fraction of sp³-hybridized carbons (Fsp3) is 0.364. The Morgan fingerprint density at radius 1 is 1.56 bits per heavy atom. The highest BCUT2D eigenvalue weighted by molar-refractivity contribution is 7.98. The van der Waals surface area contributed by atoms with E-state index in [1.165, 1.54) is 0 Å². The van der Waals surface area contributed by atoms with Crippen molar-refractivity contribution in [2.45, 2.75) is 13.0 Å². The smallest absolute Gasteiger partial charge is 0.184 e. The van der Waals surface area contributed by atoms with E-state index in [9.17, 15) is 0 Å². The van der Waals surface area contributed by atoms with Crippen molar-refractivity contribution in [1.82, 2.24) is 4.98 Å². The summed E-state index contributed by atoms with van der Waals surface area (Å²) < 4.78 is 1.06. The van der Waals surface area contributed by atoms with Gasteiger partial charge in [0.25, 0.3) is 0 Å². The van der Waals surface area contributed by atoms with E-state index in [2.05, 4.69) is 23.5 Å². The van der Waals surface area contributed by atoms with Crippen molar-refractivity contribution < 1.29 is 0 Å². The fourth-order valence-corrected chi connectivity index (χ4v) is 3.33. The zero-order valence-electron chi connectivity index (χ0n) is 9.16. The first kappa shape index (κ1) is 12.0. The number of aromatic nitrogens is 1. The predicted octanol–water partition coefficient (Wildman–Crippen LogP) is 4.11. The first-order chi connectivity index (χ1) is 7.70. The molecule has 0 aliphatic heterocycles. The minimum absolute atomic E-state index is 0.425. The summed E-state index contributed by atoms with van der Waals surface area (Å²) in [6.45, 7) is 2.16. The van der Waals surface area contributed by atoms with E-state index in [4.69, 9.17) is 11.6 Å². The molecule has 1 aromatic carbocycles. The molecule has 1 N–H and O–H groups in total. The summed E-state index contributed by atoms with van der Waals surface area (Å²) >= 11 is 9.55. The second-order valence-corrected chi connectivity index (χ2v) is 5.92. The minimum atomic E-state index is 0.425. The van der Waals surface area contributed by atoms with Crippen LogP contribution in [-0.2, 0) is 0 Å². The summed E-state index contributed by atoms with van der Waals surface area (Å²) in [5, 5.41) is 5.11. The maximum atomic E-state index is 6.11. The number of hydrogen-bond donors (Lipinski definition) is 1. The quantitative estimate of drug-likeness (QED) is 0.907. The van der Waals surface area contributed by atoms with Crippen LogP contribution in [0.3, 0.4) is 0 Å². The molecule has 0 bridgehead atoms. The van der Waals surface area contributed by atoms with Crippen LogP contribution in [0.5, 0.6) is 0 Å². The Hall–Kier alpha value is -0.450. The van der Waals surface area contributed by atoms with Crippen molar-refractivity contribution in [3.05, 3.63) is 23.2 Å². The van der Waals surface area contributed by atoms with Gasteiger partial charge in [0, 0.05) is 11.8 Å². The normalized spacial score (nSPS) is 12.9. The monoisotopic (exact) mass is 272 g/mol. The molecule has 2 nitrogen and oxygen atoms in total. The number of anilines is 1. The van der Waals surface area contributed by atoms with Gasteiger partial charge in [0.2, 0.25) is 0 Å². The third-order valence-corrected chi connectivity index (χ3v) is 4.45. The van der Waals surface area contributed by atoms with Gasteiger partial charge in [-0.3, -0.25) is 0 Å². The van der Waals surface area contributed by atoms with Crippen molar-refractivity contribution in [2.24, 2.45) is 0 Å². The SMILES string of the molecule is CSCC(C)Nc1nc2cccc(Cl)c2s1. The lowest BCUT2D eigenvalue weighted by Crippen LogP contribution is -2.17. The molecule has 1 atom stereocenters. The van der Waals surface area contributed by atoms with Gasteiger partial charge in [-0.25, -0.2) is 4.98 Å². The molecule has 0 aliphatic rings. The van der Waals surface area contributed by atoms with Crippen molar-refractivity contribution in [2.75, 3.05) is 17.3 Å². The van der Waals surface area contributed by atoms with Crippen LogP contribution in [0.4, 0.5) is 5.13 Å². The molecule has 1 aromatic heterocycles. The Labute approximate surface area is 108 Å². The highest BCUT2D eigenvalue weighted by Crippen LogP contribution is 2.32. The van der Waals surface area contributed by atoms with Gasteiger partial charge < -0.3 is 5.32 Å². The van der Waals surface area contributed by atoms with E-state index in [1.807, 2.05) is 30.0 Å². The van der Waals surface area contributed by atoms with Crippen LogP contribution < -0.4 is 5.32 Å². The third kappa shape index (κ3) is 2.62. The maximum absolute atomic E-state index is 6.11. The van der Waals surface area contributed by atoms with Crippen molar-refractivity contribution in [1.29, 1.82) is 0 Å². The zero-order chi connectivity index (χ0) is 11.5. The Morgan fingerprint density at radius 3 is 3.06 bits per heavy atom. The largest absolute Gasteiger partial charge is 0.358 e. The van der Waals surface area contributed by atoms with Crippen LogP contribution in [0, 0.1) is 0 Å². The summed E-state index contributed by atoms with van der Waals surface area (Å²) in [5.41, 5.74) is 0.969. The number of thioether (sulfide) groups is 1. The molecular formula is C11H13ClN2S2. The van der Waals surface area contributed by atoms with Crippen molar-refractivity contribution in [3.63, 3.8) is 0 Å². The minimum Gasteiger partial charge on any atom is -0.358 e. The Kier molecular flexibility index (Phi) is 3.95. The molecule has 2 rings (SSSR count). The molecule has 0 radical (unpaired) electrons. The van der Waals surface area contributed by atoms with E-state index < -0.39 is 0 Å². The number of hydrogen-bond acceptors (Lipinski definition) is 4. The summed E-state index contributed by atoms with van der Waals surface area (Å²) in [7, 11) is 0. The lowest BCUT2D eigenvalue weighted by molar-refractivity contribution is 0.912. The van der Waals surface area contributed by atoms with Crippen molar-refractivity contribution >= 4 is 50.0 Å². The summed E-state index contributed by atoms with van der Waals surface area (Å²) in [4.78, 5) is 4.51. The Balaban J connectivity index is 2.23. The van der Waals surface area contributed by atoms with E-state index in [0.29, 0.717) is 6.04 Å². The highest BCUT2D eigenvalue weighted by Gasteiger charge is 2.08. The molecule has 0 fully saturated rings. The van der Waals surface area contributed by atoms with Crippen molar-refractivity contribution in [3.8, 4) is 0 Å². The molecule has 0 aliphatic carbocycles. The van der Waals surface area contributed by atoms with Gasteiger partial charge in [-0.1, -0.05) is 29.0 Å². The maximum Gasteiger partial charge on any atom is 0.184 e. The van der Waals surface area contributed by atoms with Gasteiger partial charge in [-0.2, -0.15) is 11.8 Å². The molecule has 0 saturated carbocycles. The molecule has 1 unspecified atom stereocenters. The van der Waals surface area contributed by atoms with Gasteiger partial charge >= 0.3 is 0 Å². The number of benzene rings is 1. The van der Waals surface area contributed by atoms with E-state index >= 15 is 0 Å². The third-order valence-electron chi connectivity index (χ3n) is 2.15. The number of fused-ring (bicyclic) bond motifs is 1. The van der Waals surface area contributed by atoms with Gasteiger partial charge in [-0.15, -0.1) is 0 Å². The van der Waals surface area contributed by atoms with Gasteiger partial charge in [0.05, 0.1) is 15.2 Å². The molecule has 5 heteroatoms. The van der Waals surface area contributed by atoms with Crippen LogP contribution in [-0.4, -0.2) is 23.0 Å². The Morgan fingerprint density at radius 2 is 2.38 bits per heavy atom. The average Bonchev–Trinajstić information content (AvgIpc) is 2.62. The van der Waals surface area contributed by atoms with Crippen LogP contribution >= 0.6 is 34.7 Å². The predicted molar refractivity (Wildman–Crippen MR) is 76.1 cm³/mol. The zero-order valence-corrected chi connectivity index (χ0v) is 11.5. The van der Waals surface area contributed by atoms with Crippen LogP contribution in [0.2, 0.25) is 5.02 Å². The summed E-state index contributed by atoms with van der Waals surface area (Å²) in [6.07, 6.45) is 2.10. The van der Waals surface area contributed by atoms with Gasteiger partial charge in [0.15, 0.2) is 5.13 Å². The molecule has 1 heterocycles. The molecule has 16 heavy (non-hydrogen) atoms. The summed E-state index contributed by atoms with van der Waals surface area (Å²) in [5.74, 6) is 1.07. The van der Waals surface area contributed by atoms with E-state index in [0.717, 1.165) is 26.1 Å².